The van der Waals surface area contributed by atoms with Crippen molar-refractivity contribution in [1.82, 2.24) is 0 Å². The normalized spacial score (nSPS) is 22.4. The zero-order chi connectivity index (χ0) is 26.9. The topological polar surface area (TPSA) is 0 Å². The molecule has 0 aromatic heterocycles. The molecule has 0 aliphatic heterocycles. The Bertz CT molecular complexity index is 1300. The van der Waals surface area contributed by atoms with Gasteiger partial charge in [-0.2, -0.15) is 0 Å². The van der Waals surface area contributed by atoms with Crippen LogP contribution in [0.4, 0.5) is 0 Å². The minimum Gasteiger partial charge on any atom is -1.00 e. The van der Waals surface area contributed by atoms with E-state index in [1.165, 1.54) is 43.4 Å². The molecule has 0 saturated carbocycles. The molecule has 0 radical (unpaired) electrons. The van der Waals surface area contributed by atoms with Gasteiger partial charge in [-0.3, -0.25) is 0 Å². The van der Waals surface area contributed by atoms with Crippen molar-refractivity contribution in [1.29, 1.82) is 0 Å². The summed E-state index contributed by atoms with van der Waals surface area (Å²) in [5.74, 6) is 0. The summed E-state index contributed by atoms with van der Waals surface area (Å²) in [4.78, 5) is 0. The second-order valence-electron chi connectivity index (χ2n) is 11.6. The maximum Gasteiger partial charge on any atom is -1.00 e. The Kier molecular flexibility index (Phi) is 11.9. The third-order valence-corrected chi connectivity index (χ3v) is 26.4. The molecule has 0 heterocycles. The number of rotatable bonds is 6. The molecule has 0 N–H and O–H groups in total. The van der Waals surface area contributed by atoms with Gasteiger partial charge in [-0.05, 0) is 0 Å². The monoisotopic (exact) mass is 724 g/mol. The van der Waals surface area contributed by atoms with Gasteiger partial charge in [0.1, 0.15) is 0 Å². The summed E-state index contributed by atoms with van der Waals surface area (Å²) in [5.41, 5.74) is 8.83. The molecule has 2 unspecified atom stereocenters. The van der Waals surface area contributed by atoms with E-state index in [-0.39, 0.29) is 24.8 Å². The number of hydrogen-bond donors (Lipinski definition) is 0. The minimum absolute atomic E-state index is 0. The second kappa shape index (κ2) is 14.1. The van der Waals surface area contributed by atoms with Crippen LogP contribution in [-0.2, 0) is 49.7 Å². The van der Waals surface area contributed by atoms with Crippen LogP contribution in [0.15, 0.2) is 91.6 Å². The predicted molar refractivity (Wildman–Crippen MR) is 160 cm³/mol. The van der Waals surface area contributed by atoms with Crippen LogP contribution in [0.2, 0.25) is 8.26 Å². The molecule has 2 aromatic carbocycles. The van der Waals surface area contributed by atoms with Crippen molar-refractivity contribution in [2.45, 2.75) is 68.9 Å². The van der Waals surface area contributed by atoms with Crippen molar-refractivity contribution in [3.63, 3.8) is 0 Å². The van der Waals surface area contributed by atoms with Gasteiger partial charge in [0, 0.05) is 0 Å². The SMILES string of the molecule is C[CH2][Zr+]([C]1=CC=CC1)[C]1(C)C=Cc2cc(C)ccc21.C[CH2][Zr+]([C]1=CC=CC1)[C]1(C)C=Cc2cc(C)ccc21.[Cl-].[Cl-]. The number of aryl methyl sites for hydroxylation is 2. The van der Waals surface area contributed by atoms with Gasteiger partial charge in [-0.1, -0.05) is 0 Å². The van der Waals surface area contributed by atoms with E-state index in [0.717, 1.165) is 0 Å². The average molecular weight is 728 g/mol. The average Bonchev–Trinajstić information content (AvgIpc) is 3.71. The largest absolute Gasteiger partial charge is 1.00 e. The number of benzene rings is 2. The fraction of sp³-hybridized carbons (Fsp3) is 0.333. The third-order valence-electron chi connectivity index (χ3n) is 9.00. The molecule has 208 valence electrons. The molecule has 4 aliphatic carbocycles. The van der Waals surface area contributed by atoms with Crippen LogP contribution in [0.1, 0.15) is 73.9 Å². The first-order chi connectivity index (χ1) is 18.3. The molecule has 0 amide bonds. The molecule has 4 aliphatic rings. The Balaban J connectivity index is 0.000000210. The summed E-state index contributed by atoms with van der Waals surface area (Å²) in [7, 11) is 0. The van der Waals surface area contributed by atoms with Crippen LogP contribution in [0.5, 0.6) is 0 Å². The molecule has 2 aromatic rings. The second-order valence-corrected chi connectivity index (χ2v) is 28.0. The van der Waals surface area contributed by atoms with Gasteiger partial charge >= 0.3 is 249 Å². The van der Waals surface area contributed by atoms with Crippen LogP contribution in [0.3, 0.4) is 0 Å². The molecule has 0 nitrogen and oxygen atoms in total. The van der Waals surface area contributed by atoms with Gasteiger partial charge < -0.3 is 24.8 Å². The van der Waals surface area contributed by atoms with Crippen LogP contribution in [-0.4, -0.2) is 0 Å². The van der Waals surface area contributed by atoms with E-state index in [1.54, 1.807) is 17.7 Å². The Morgan fingerprint density at radius 3 is 1.38 bits per heavy atom. The maximum absolute atomic E-state index is 2.51. The molecule has 0 bridgehead atoms. The van der Waals surface area contributed by atoms with E-state index in [4.69, 9.17) is 0 Å². The number of halogens is 2. The summed E-state index contributed by atoms with van der Waals surface area (Å²) in [6.45, 7) is 14.2. The Morgan fingerprint density at radius 2 is 1.05 bits per heavy atom. The summed E-state index contributed by atoms with van der Waals surface area (Å²) >= 11 is -3.27. The molecule has 4 heteroatoms. The van der Waals surface area contributed by atoms with Crippen LogP contribution >= 0.6 is 0 Å². The quantitative estimate of drug-likeness (QED) is 0.417. The fourth-order valence-electron chi connectivity index (χ4n) is 7.00. The smallest absolute Gasteiger partial charge is 1.00 e. The third kappa shape index (κ3) is 6.42. The van der Waals surface area contributed by atoms with Gasteiger partial charge in [0.2, 0.25) is 0 Å². The van der Waals surface area contributed by atoms with Gasteiger partial charge in [0.15, 0.2) is 0 Å². The summed E-state index contributed by atoms with van der Waals surface area (Å²) in [6.07, 6.45) is 26.1. The first-order valence-corrected chi connectivity index (χ1v) is 22.7. The van der Waals surface area contributed by atoms with E-state index in [1.807, 2.05) is 0 Å². The first kappa shape index (κ1) is 33.7. The Labute approximate surface area is 271 Å². The molecule has 6 rings (SSSR count). The zero-order valence-corrected chi connectivity index (χ0v) is 31.2. The van der Waals surface area contributed by atoms with E-state index < -0.39 is 43.5 Å². The predicted octanol–water partition coefficient (Wildman–Crippen LogP) is 4.28. The van der Waals surface area contributed by atoms with Gasteiger partial charge in [-0.15, -0.1) is 0 Å². The van der Waals surface area contributed by atoms with Crippen molar-refractivity contribution in [3.8, 4) is 0 Å². The molecular weight excluding hydrogens is 686 g/mol. The standard InChI is InChI=1S/2C11H11.2C5H5.2C2H5.2ClH.2Zr/c2*1-8-3-6-11-9(2)4-5-10(11)7-8;2*1-2-4-5-3-1;2*1-2;;;;/h2*3-7H,1-2H3;2*1-3H,4H2;2*1H2,2H3;2*1H;;/q;;;;;;;;2*+1/p-2. The molecule has 0 spiro atoms. The summed E-state index contributed by atoms with van der Waals surface area (Å²) in [5, 5.41) is 0. The van der Waals surface area contributed by atoms with Crippen molar-refractivity contribution in [3.05, 3.63) is 125 Å². The first-order valence-electron chi connectivity index (χ1n) is 14.4. The summed E-state index contributed by atoms with van der Waals surface area (Å²) in [6, 6.07) is 14.0. The van der Waals surface area contributed by atoms with E-state index in [0.29, 0.717) is 6.25 Å². The number of fused-ring (bicyclic) bond motifs is 2. The van der Waals surface area contributed by atoms with Gasteiger partial charge in [0.05, 0.1) is 0 Å². The number of allylic oxidation sites excluding steroid dienone is 10. The van der Waals surface area contributed by atoms with E-state index in [9.17, 15) is 0 Å². The Morgan fingerprint density at radius 1 is 0.650 bits per heavy atom. The van der Waals surface area contributed by atoms with Gasteiger partial charge in [0.25, 0.3) is 0 Å². The molecule has 0 saturated heterocycles. The van der Waals surface area contributed by atoms with E-state index in [2.05, 4.69) is 139 Å². The van der Waals surface area contributed by atoms with Crippen molar-refractivity contribution in [2.75, 3.05) is 0 Å². The minimum atomic E-state index is -1.63. The molecule has 40 heavy (non-hydrogen) atoms. The van der Waals surface area contributed by atoms with Crippen LogP contribution in [0, 0.1) is 13.8 Å². The van der Waals surface area contributed by atoms with E-state index >= 15 is 0 Å². The maximum atomic E-state index is 2.51. The van der Waals surface area contributed by atoms with Crippen LogP contribution in [0.25, 0.3) is 12.2 Å². The van der Waals surface area contributed by atoms with Crippen LogP contribution < -0.4 is 24.8 Å². The summed E-state index contributed by atoms with van der Waals surface area (Å²) < 4.78 is 7.07. The van der Waals surface area contributed by atoms with Gasteiger partial charge in [-0.25, -0.2) is 0 Å². The van der Waals surface area contributed by atoms with Crippen molar-refractivity contribution >= 4 is 12.2 Å². The molecular formula is C36H42Cl2Zr2. The molecule has 0 fully saturated rings. The fourth-order valence-corrected chi connectivity index (χ4v) is 23.5. The van der Waals surface area contributed by atoms with Crippen molar-refractivity contribution in [2.24, 2.45) is 0 Å². The zero-order valence-electron chi connectivity index (χ0n) is 24.8. The number of hydrogen-bond acceptors (Lipinski definition) is 0. The Hall–Kier alpha value is -0.774. The molecule has 2 atom stereocenters. The van der Waals surface area contributed by atoms with Crippen molar-refractivity contribution < 1.29 is 68.3 Å².